The maximum atomic E-state index is 11.9. The third kappa shape index (κ3) is 6.13. The minimum absolute atomic E-state index is 0. The van der Waals surface area contributed by atoms with E-state index < -0.39 is 0 Å². The molecular weight excluding hydrogens is 412 g/mol. The Balaban J connectivity index is 0.00000180. The highest BCUT2D eigenvalue weighted by atomic mass is 127. The predicted octanol–water partition coefficient (Wildman–Crippen LogP) is 2.29. The minimum atomic E-state index is 0. The number of nitrogens with one attached hydrogen (secondary N) is 2. The molecule has 2 rings (SSSR count). The third-order valence-corrected chi connectivity index (χ3v) is 3.71. The van der Waals surface area contributed by atoms with E-state index >= 15 is 0 Å². The fourth-order valence-corrected chi connectivity index (χ4v) is 2.68. The molecule has 0 aliphatic carbocycles. The molecule has 1 saturated heterocycles. The topological polar surface area (TPSA) is 44.4 Å². The molecule has 0 radical (unpaired) electrons. The summed E-state index contributed by atoms with van der Waals surface area (Å²) in [5, 5.41) is 6.26. The highest BCUT2D eigenvalue weighted by Crippen LogP contribution is 2.17. The summed E-state index contributed by atoms with van der Waals surface area (Å²) < 4.78 is 1.19. The molecule has 0 unspecified atom stereocenters. The zero-order chi connectivity index (χ0) is 13.0. The number of halogens is 3. The van der Waals surface area contributed by atoms with E-state index in [2.05, 4.69) is 44.2 Å². The lowest BCUT2D eigenvalue weighted by molar-refractivity contribution is -0.117. The Bertz CT molecular complexity index is 440. The molecule has 1 heterocycles. The van der Waals surface area contributed by atoms with E-state index in [4.69, 9.17) is 0 Å². The molecule has 1 aliphatic rings. The summed E-state index contributed by atoms with van der Waals surface area (Å²) in [6.07, 6.45) is 0. The van der Waals surface area contributed by atoms with Gasteiger partial charge in [-0.3, -0.25) is 9.69 Å². The van der Waals surface area contributed by atoms with Crippen LogP contribution in [-0.2, 0) is 4.79 Å². The van der Waals surface area contributed by atoms with E-state index in [1.807, 2.05) is 19.1 Å². The Labute approximate surface area is 146 Å². The number of carbonyl (C=O) groups excluding carboxylic acids is 1. The van der Waals surface area contributed by atoms with E-state index in [1.54, 1.807) is 0 Å². The van der Waals surface area contributed by atoms with Crippen molar-refractivity contribution in [3.05, 3.63) is 27.3 Å². The molecule has 4 nitrogen and oxygen atoms in total. The molecule has 1 aromatic rings. The number of carbonyl (C=O) groups is 1. The quantitative estimate of drug-likeness (QED) is 0.721. The predicted molar refractivity (Wildman–Crippen MR) is 96.3 cm³/mol. The van der Waals surface area contributed by atoms with Gasteiger partial charge in [-0.15, -0.1) is 24.8 Å². The van der Waals surface area contributed by atoms with Crippen molar-refractivity contribution in [3.8, 4) is 0 Å². The number of nitrogens with zero attached hydrogens (tertiary/aromatic N) is 1. The first-order chi connectivity index (χ1) is 8.65. The van der Waals surface area contributed by atoms with Crippen LogP contribution in [0.1, 0.15) is 5.56 Å². The van der Waals surface area contributed by atoms with Crippen LogP contribution in [0.15, 0.2) is 18.2 Å². The molecule has 1 amide bonds. The molecule has 1 aromatic carbocycles. The molecule has 1 aliphatic heterocycles. The van der Waals surface area contributed by atoms with E-state index in [9.17, 15) is 4.79 Å². The maximum Gasteiger partial charge on any atom is 0.238 e. The van der Waals surface area contributed by atoms with Crippen LogP contribution in [0.2, 0.25) is 0 Å². The first kappa shape index (κ1) is 19.9. The van der Waals surface area contributed by atoms with Crippen LogP contribution in [0.3, 0.4) is 0 Å². The molecule has 0 bridgehead atoms. The van der Waals surface area contributed by atoms with Crippen molar-refractivity contribution < 1.29 is 4.79 Å². The summed E-state index contributed by atoms with van der Waals surface area (Å²) in [6.45, 7) is 6.32. The Morgan fingerprint density at radius 2 is 2.00 bits per heavy atom. The number of anilines is 1. The molecular formula is C13H20Cl2IN3O. The standard InChI is InChI=1S/C13H18IN3O.2ClH/c1-10-8-11(14)2-3-12(10)16-13(18)9-17-6-4-15-5-7-17;;/h2-3,8,15H,4-7,9H2,1H3,(H,16,18);2*1H. The van der Waals surface area contributed by atoms with Crippen LogP contribution < -0.4 is 10.6 Å². The number of rotatable bonds is 3. The average Bonchev–Trinajstić information content (AvgIpc) is 2.34. The zero-order valence-electron chi connectivity index (χ0n) is 11.3. The summed E-state index contributed by atoms with van der Waals surface area (Å²) in [7, 11) is 0. The van der Waals surface area contributed by atoms with Crippen molar-refractivity contribution in [1.29, 1.82) is 0 Å². The molecule has 0 spiro atoms. The number of benzene rings is 1. The first-order valence-electron chi connectivity index (χ1n) is 6.14. The van der Waals surface area contributed by atoms with Gasteiger partial charge in [0.25, 0.3) is 0 Å². The van der Waals surface area contributed by atoms with Crippen LogP contribution in [-0.4, -0.2) is 43.5 Å². The van der Waals surface area contributed by atoms with E-state index in [0.717, 1.165) is 37.4 Å². The number of hydrogen-bond donors (Lipinski definition) is 2. The highest BCUT2D eigenvalue weighted by Gasteiger charge is 2.13. The Hall–Kier alpha value is -0.0800. The second-order valence-electron chi connectivity index (χ2n) is 4.53. The summed E-state index contributed by atoms with van der Waals surface area (Å²) in [4.78, 5) is 14.1. The van der Waals surface area contributed by atoms with Gasteiger partial charge in [0.15, 0.2) is 0 Å². The third-order valence-electron chi connectivity index (χ3n) is 3.04. The first-order valence-corrected chi connectivity index (χ1v) is 7.22. The van der Waals surface area contributed by atoms with E-state index in [-0.39, 0.29) is 30.7 Å². The van der Waals surface area contributed by atoms with Gasteiger partial charge in [-0.25, -0.2) is 0 Å². The van der Waals surface area contributed by atoms with Crippen molar-refractivity contribution in [3.63, 3.8) is 0 Å². The fourth-order valence-electron chi connectivity index (χ4n) is 2.03. The maximum absolute atomic E-state index is 11.9. The number of amides is 1. The van der Waals surface area contributed by atoms with Gasteiger partial charge in [-0.1, -0.05) is 0 Å². The molecule has 1 fully saturated rings. The van der Waals surface area contributed by atoms with Gasteiger partial charge in [-0.2, -0.15) is 0 Å². The lowest BCUT2D eigenvalue weighted by Crippen LogP contribution is -2.46. The van der Waals surface area contributed by atoms with Crippen molar-refractivity contribution >= 4 is 59.0 Å². The second kappa shape index (κ2) is 9.78. The lowest BCUT2D eigenvalue weighted by atomic mass is 10.2. The van der Waals surface area contributed by atoms with Crippen LogP contribution in [0.4, 0.5) is 5.69 Å². The van der Waals surface area contributed by atoms with Crippen molar-refractivity contribution in [1.82, 2.24) is 10.2 Å². The van der Waals surface area contributed by atoms with Gasteiger partial charge in [0.2, 0.25) is 5.91 Å². The van der Waals surface area contributed by atoms with Crippen LogP contribution >= 0.6 is 47.4 Å². The van der Waals surface area contributed by atoms with Gasteiger partial charge in [0, 0.05) is 35.4 Å². The molecule has 0 atom stereocenters. The molecule has 0 aromatic heterocycles. The van der Waals surface area contributed by atoms with Crippen LogP contribution in [0.25, 0.3) is 0 Å². The minimum Gasteiger partial charge on any atom is -0.325 e. The number of piperazine rings is 1. The SMILES string of the molecule is Cc1cc(I)ccc1NC(=O)CN1CCNCC1.Cl.Cl. The van der Waals surface area contributed by atoms with Gasteiger partial charge in [0.05, 0.1) is 6.54 Å². The van der Waals surface area contributed by atoms with Crippen LogP contribution in [0.5, 0.6) is 0 Å². The van der Waals surface area contributed by atoms with E-state index in [1.165, 1.54) is 3.57 Å². The van der Waals surface area contributed by atoms with Gasteiger partial charge in [-0.05, 0) is 53.3 Å². The molecule has 7 heteroatoms. The Morgan fingerprint density at radius 3 is 2.60 bits per heavy atom. The zero-order valence-corrected chi connectivity index (χ0v) is 15.1. The normalized spacial score (nSPS) is 14.9. The Kier molecular flexibility index (Phi) is 9.74. The van der Waals surface area contributed by atoms with Gasteiger partial charge < -0.3 is 10.6 Å². The molecule has 114 valence electrons. The number of aryl methyl sites for hydroxylation is 1. The van der Waals surface area contributed by atoms with E-state index in [0.29, 0.717) is 6.54 Å². The molecule has 0 saturated carbocycles. The van der Waals surface area contributed by atoms with Crippen molar-refractivity contribution in [2.75, 3.05) is 38.0 Å². The summed E-state index contributed by atoms with van der Waals surface area (Å²) in [5.74, 6) is 0.0706. The van der Waals surface area contributed by atoms with Gasteiger partial charge >= 0.3 is 0 Å². The monoisotopic (exact) mass is 431 g/mol. The Morgan fingerprint density at radius 1 is 1.35 bits per heavy atom. The van der Waals surface area contributed by atoms with Gasteiger partial charge in [0.1, 0.15) is 0 Å². The highest BCUT2D eigenvalue weighted by molar-refractivity contribution is 14.1. The summed E-state index contributed by atoms with van der Waals surface area (Å²) >= 11 is 2.27. The lowest BCUT2D eigenvalue weighted by Gasteiger charge is -2.26. The van der Waals surface area contributed by atoms with Crippen molar-refractivity contribution in [2.24, 2.45) is 0 Å². The average molecular weight is 432 g/mol. The van der Waals surface area contributed by atoms with Crippen molar-refractivity contribution in [2.45, 2.75) is 6.92 Å². The second-order valence-corrected chi connectivity index (χ2v) is 5.78. The molecule has 20 heavy (non-hydrogen) atoms. The fraction of sp³-hybridized carbons (Fsp3) is 0.462. The smallest absolute Gasteiger partial charge is 0.238 e. The largest absolute Gasteiger partial charge is 0.325 e. The molecule has 2 N–H and O–H groups in total. The summed E-state index contributed by atoms with van der Waals surface area (Å²) in [5.41, 5.74) is 2.02. The van der Waals surface area contributed by atoms with Crippen LogP contribution in [0, 0.1) is 10.5 Å². The number of hydrogen-bond acceptors (Lipinski definition) is 3. The summed E-state index contributed by atoms with van der Waals surface area (Å²) in [6, 6.07) is 6.04.